The zero-order valence-electron chi connectivity index (χ0n) is 11.5. The molecule has 0 aliphatic rings. The van der Waals surface area contributed by atoms with Gasteiger partial charge >= 0.3 is 0 Å². The minimum atomic E-state index is -0.680. The van der Waals surface area contributed by atoms with Crippen LogP contribution in [0.2, 0.25) is 0 Å². The van der Waals surface area contributed by atoms with Crippen molar-refractivity contribution in [1.82, 2.24) is 4.98 Å². The molecule has 2 aromatic rings. The first kappa shape index (κ1) is 15.5. The number of hydrogen-bond donors (Lipinski definition) is 3. The van der Waals surface area contributed by atoms with E-state index in [1.54, 1.807) is 30.3 Å². The van der Waals surface area contributed by atoms with E-state index in [9.17, 15) is 9.90 Å². The monoisotopic (exact) mass is 349 g/mol. The predicted molar refractivity (Wildman–Crippen MR) is 85.1 cm³/mol. The standard InChI is InChI=1S/C15H16BrN3O2/c1-9-12(16)6-7-14(18-9)19-15(21)13(17)8-10-2-4-11(20)5-3-10/h2-7,13,20H,8,17H2,1H3,(H,18,19,21). The summed E-state index contributed by atoms with van der Waals surface area (Å²) in [5.74, 6) is 0.366. The van der Waals surface area contributed by atoms with Crippen LogP contribution in [0, 0.1) is 6.92 Å². The van der Waals surface area contributed by atoms with E-state index in [0.29, 0.717) is 12.2 Å². The number of carbonyl (C=O) groups excluding carboxylic acids is 1. The Morgan fingerprint density at radius 1 is 1.33 bits per heavy atom. The number of nitrogens with two attached hydrogens (primary N) is 1. The molecule has 1 aromatic heterocycles. The summed E-state index contributed by atoms with van der Waals surface area (Å²) in [6.45, 7) is 1.84. The van der Waals surface area contributed by atoms with Crippen LogP contribution in [0.4, 0.5) is 5.82 Å². The number of amides is 1. The number of hydrogen-bond acceptors (Lipinski definition) is 4. The van der Waals surface area contributed by atoms with E-state index in [1.807, 2.05) is 13.0 Å². The number of aromatic hydroxyl groups is 1. The molecular weight excluding hydrogens is 334 g/mol. The minimum absolute atomic E-state index is 0.186. The first-order chi connectivity index (χ1) is 9.95. The quantitative estimate of drug-likeness (QED) is 0.790. The smallest absolute Gasteiger partial charge is 0.242 e. The Hall–Kier alpha value is -1.92. The number of halogens is 1. The third-order valence-corrected chi connectivity index (χ3v) is 3.84. The van der Waals surface area contributed by atoms with Gasteiger partial charge in [-0.2, -0.15) is 0 Å². The Morgan fingerprint density at radius 2 is 2.00 bits per heavy atom. The number of carbonyl (C=O) groups is 1. The van der Waals surface area contributed by atoms with Gasteiger partial charge in [-0.1, -0.05) is 12.1 Å². The third-order valence-electron chi connectivity index (χ3n) is 3.00. The molecule has 1 unspecified atom stereocenters. The number of phenols is 1. The molecule has 5 nitrogen and oxygen atoms in total. The Kier molecular flexibility index (Phi) is 4.93. The van der Waals surface area contributed by atoms with Crippen molar-refractivity contribution >= 4 is 27.7 Å². The van der Waals surface area contributed by atoms with E-state index in [4.69, 9.17) is 5.73 Å². The second-order valence-electron chi connectivity index (χ2n) is 4.73. The number of anilines is 1. The highest BCUT2D eigenvalue weighted by molar-refractivity contribution is 9.10. The van der Waals surface area contributed by atoms with Crippen LogP contribution < -0.4 is 11.1 Å². The van der Waals surface area contributed by atoms with Gasteiger partial charge in [0, 0.05) is 4.47 Å². The van der Waals surface area contributed by atoms with Gasteiger partial charge in [-0.05, 0) is 59.1 Å². The summed E-state index contributed by atoms with van der Waals surface area (Å²) < 4.78 is 0.883. The van der Waals surface area contributed by atoms with E-state index < -0.39 is 6.04 Å². The van der Waals surface area contributed by atoms with Crippen LogP contribution in [0.1, 0.15) is 11.3 Å². The fourth-order valence-corrected chi connectivity index (χ4v) is 2.03. The maximum Gasteiger partial charge on any atom is 0.242 e. The highest BCUT2D eigenvalue weighted by atomic mass is 79.9. The highest BCUT2D eigenvalue weighted by Crippen LogP contribution is 2.16. The van der Waals surface area contributed by atoms with E-state index >= 15 is 0 Å². The van der Waals surface area contributed by atoms with Crippen molar-refractivity contribution in [2.75, 3.05) is 5.32 Å². The second kappa shape index (κ2) is 6.69. The topological polar surface area (TPSA) is 88.2 Å². The summed E-state index contributed by atoms with van der Waals surface area (Å²) in [5.41, 5.74) is 7.57. The molecule has 0 radical (unpaired) electrons. The van der Waals surface area contributed by atoms with Gasteiger partial charge < -0.3 is 16.2 Å². The van der Waals surface area contributed by atoms with E-state index in [-0.39, 0.29) is 11.7 Å². The van der Waals surface area contributed by atoms with Gasteiger partial charge in [-0.3, -0.25) is 4.79 Å². The molecule has 0 saturated carbocycles. The number of phenolic OH excluding ortho intramolecular Hbond substituents is 1. The molecule has 1 heterocycles. The van der Waals surface area contributed by atoms with Crippen LogP contribution in [0.25, 0.3) is 0 Å². The fraction of sp³-hybridized carbons (Fsp3) is 0.200. The van der Waals surface area contributed by atoms with Crippen LogP contribution in [0.5, 0.6) is 5.75 Å². The molecule has 0 fully saturated rings. The molecule has 2 rings (SSSR count). The van der Waals surface area contributed by atoms with Gasteiger partial charge in [0.2, 0.25) is 5.91 Å². The number of nitrogens with one attached hydrogen (secondary N) is 1. The van der Waals surface area contributed by atoms with E-state index in [2.05, 4.69) is 26.2 Å². The lowest BCUT2D eigenvalue weighted by Gasteiger charge is -2.12. The van der Waals surface area contributed by atoms with Gasteiger partial charge in [0.05, 0.1) is 11.7 Å². The Morgan fingerprint density at radius 3 is 2.62 bits per heavy atom. The Balaban J connectivity index is 1.98. The first-order valence-electron chi connectivity index (χ1n) is 6.43. The van der Waals surface area contributed by atoms with Crippen LogP contribution >= 0.6 is 15.9 Å². The maximum absolute atomic E-state index is 12.0. The number of aromatic nitrogens is 1. The van der Waals surface area contributed by atoms with Crippen molar-refractivity contribution in [3.63, 3.8) is 0 Å². The lowest BCUT2D eigenvalue weighted by atomic mass is 10.1. The van der Waals surface area contributed by atoms with Crippen molar-refractivity contribution < 1.29 is 9.90 Å². The first-order valence-corrected chi connectivity index (χ1v) is 7.22. The van der Waals surface area contributed by atoms with E-state index in [1.165, 1.54) is 0 Å². The molecule has 0 aliphatic heterocycles. The van der Waals surface area contributed by atoms with Crippen LogP contribution in [-0.2, 0) is 11.2 Å². The van der Waals surface area contributed by atoms with Crippen LogP contribution in [-0.4, -0.2) is 22.0 Å². The lowest BCUT2D eigenvalue weighted by Crippen LogP contribution is -2.37. The molecule has 4 N–H and O–H groups in total. The van der Waals surface area contributed by atoms with Crippen LogP contribution in [0.3, 0.4) is 0 Å². The normalized spacial score (nSPS) is 12.0. The Labute approximate surface area is 131 Å². The van der Waals surface area contributed by atoms with Gasteiger partial charge in [0.1, 0.15) is 11.6 Å². The average Bonchev–Trinajstić information content (AvgIpc) is 2.45. The molecule has 1 amide bonds. The molecule has 0 bridgehead atoms. The maximum atomic E-state index is 12.0. The minimum Gasteiger partial charge on any atom is -0.508 e. The number of rotatable bonds is 4. The zero-order chi connectivity index (χ0) is 15.4. The summed E-state index contributed by atoms with van der Waals surface area (Å²) in [4.78, 5) is 16.3. The summed E-state index contributed by atoms with van der Waals surface area (Å²) in [6.07, 6.45) is 0.390. The molecule has 6 heteroatoms. The molecule has 0 aliphatic carbocycles. The average molecular weight is 350 g/mol. The van der Waals surface area contributed by atoms with Gasteiger partial charge in [0.25, 0.3) is 0 Å². The largest absolute Gasteiger partial charge is 0.508 e. The number of nitrogens with zero attached hydrogens (tertiary/aromatic N) is 1. The third kappa shape index (κ3) is 4.27. The lowest BCUT2D eigenvalue weighted by molar-refractivity contribution is -0.117. The van der Waals surface area contributed by atoms with Gasteiger partial charge in [-0.25, -0.2) is 4.98 Å². The van der Waals surface area contributed by atoms with Crippen molar-refractivity contribution in [1.29, 1.82) is 0 Å². The van der Waals surface area contributed by atoms with Crippen molar-refractivity contribution in [3.05, 3.63) is 52.1 Å². The molecule has 0 saturated heterocycles. The molecule has 1 aromatic carbocycles. The SMILES string of the molecule is Cc1nc(NC(=O)C(N)Cc2ccc(O)cc2)ccc1Br. The highest BCUT2D eigenvalue weighted by Gasteiger charge is 2.15. The zero-order valence-corrected chi connectivity index (χ0v) is 13.1. The molecule has 0 spiro atoms. The fourth-order valence-electron chi connectivity index (χ4n) is 1.81. The van der Waals surface area contributed by atoms with Crippen LogP contribution in [0.15, 0.2) is 40.9 Å². The molecule has 110 valence electrons. The molecular formula is C15H16BrN3O2. The number of benzene rings is 1. The predicted octanol–water partition coefficient (Wildman–Crippen LogP) is 2.37. The molecule has 1 atom stereocenters. The van der Waals surface area contributed by atoms with Gasteiger partial charge in [-0.15, -0.1) is 0 Å². The number of aryl methyl sites for hydroxylation is 1. The summed E-state index contributed by atoms with van der Waals surface area (Å²) >= 11 is 3.35. The van der Waals surface area contributed by atoms with Crippen molar-refractivity contribution in [3.8, 4) is 5.75 Å². The molecule has 21 heavy (non-hydrogen) atoms. The second-order valence-corrected chi connectivity index (χ2v) is 5.58. The number of pyridine rings is 1. The summed E-state index contributed by atoms with van der Waals surface area (Å²) in [7, 11) is 0. The van der Waals surface area contributed by atoms with Gasteiger partial charge in [0.15, 0.2) is 0 Å². The van der Waals surface area contributed by atoms with Crippen molar-refractivity contribution in [2.24, 2.45) is 5.73 Å². The summed E-state index contributed by atoms with van der Waals surface area (Å²) in [5, 5.41) is 11.9. The Bertz CT molecular complexity index is 644. The van der Waals surface area contributed by atoms with Crippen molar-refractivity contribution in [2.45, 2.75) is 19.4 Å². The van der Waals surface area contributed by atoms with E-state index in [0.717, 1.165) is 15.7 Å². The summed E-state index contributed by atoms with van der Waals surface area (Å²) in [6, 6.07) is 9.47.